The number of thiophene rings is 1. The van der Waals surface area contributed by atoms with Crippen LogP contribution in [0.4, 0.5) is 0 Å². The van der Waals surface area contributed by atoms with Crippen LogP contribution in [-0.4, -0.2) is 23.5 Å². The molecule has 0 spiro atoms. The van der Waals surface area contributed by atoms with Crippen molar-refractivity contribution in [2.24, 2.45) is 11.7 Å². The summed E-state index contributed by atoms with van der Waals surface area (Å²) in [6.07, 6.45) is 2.74. The summed E-state index contributed by atoms with van der Waals surface area (Å²) in [4.78, 5) is 17.5. The summed E-state index contributed by atoms with van der Waals surface area (Å²) >= 11 is 3.25. The van der Waals surface area contributed by atoms with Crippen molar-refractivity contribution < 1.29 is 4.79 Å². The lowest BCUT2D eigenvalue weighted by molar-refractivity contribution is -0.120. The molecular weight excluding hydrogens is 361 g/mol. The topological polar surface area (TPSA) is 68.0 Å². The summed E-state index contributed by atoms with van der Waals surface area (Å²) in [5, 5.41) is 7.87. The van der Waals surface area contributed by atoms with Crippen LogP contribution in [0.3, 0.4) is 0 Å². The van der Waals surface area contributed by atoms with E-state index in [4.69, 9.17) is 5.73 Å². The molecule has 122 valence electrons. The van der Waals surface area contributed by atoms with Crippen LogP contribution in [0.2, 0.25) is 0 Å². The molecule has 4 nitrogen and oxygen atoms in total. The number of aromatic nitrogens is 1. The Morgan fingerprint density at radius 2 is 2.18 bits per heavy atom. The van der Waals surface area contributed by atoms with Crippen LogP contribution in [0.15, 0.2) is 22.9 Å². The van der Waals surface area contributed by atoms with Gasteiger partial charge in [0.15, 0.2) is 0 Å². The molecule has 2 aromatic rings. The number of thiazole rings is 1. The third-order valence-corrected chi connectivity index (χ3v) is 5.32. The number of carbonyl (C=O) groups is 1. The molecule has 2 heterocycles. The first-order valence-electron chi connectivity index (χ1n) is 6.73. The zero-order chi connectivity index (χ0) is 13.9. The van der Waals surface area contributed by atoms with Crippen molar-refractivity contribution in [3.8, 4) is 9.88 Å². The molecule has 1 fully saturated rings. The van der Waals surface area contributed by atoms with Gasteiger partial charge in [-0.2, -0.15) is 0 Å². The summed E-state index contributed by atoms with van der Waals surface area (Å²) in [5.74, 6) is 0.615. The molecule has 3 rings (SSSR count). The SMILES string of the molecule is Cl.Cl.NC(CNC(=O)Cc1csc(-c2cccs2)n1)C1CC1. The maximum absolute atomic E-state index is 11.9. The van der Waals surface area contributed by atoms with E-state index in [1.807, 2.05) is 22.9 Å². The Kier molecular flexibility index (Phi) is 7.79. The third-order valence-electron chi connectivity index (χ3n) is 3.39. The molecule has 0 aromatic carbocycles. The number of carbonyl (C=O) groups excluding carboxylic acids is 1. The number of rotatable bonds is 6. The maximum atomic E-state index is 11.9. The number of nitrogens with zero attached hydrogens (tertiary/aromatic N) is 1. The Balaban J connectivity index is 0.00000121. The van der Waals surface area contributed by atoms with E-state index in [1.54, 1.807) is 22.7 Å². The molecule has 1 atom stereocenters. The van der Waals surface area contributed by atoms with E-state index in [-0.39, 0.29) is 36.8 Å². The molecule has 1 unspecified atom stereocenters. The molecule has 0 bridgehead atoms. The summed E-state index contributed by atoms with van der Waals surface area (Å²) in [6.45, 7) is 0.575. The predicted octanol–water partition coefficient (Wildman–Crippen LogP) is 3.11. The number of hydrogen-bond acceptors (Lipinski definition) is 5. The Morgan fingerprint density at radius 1 is 1.41 bits per heavy atom. The molecule has 8 heteroatoms. The molecule has 22 heavy (non-hydrogen) atoms. The minimum Gasteiger partial charge on any atom is -0.354 e. The minimum atomic E-state index is 0. The van der Waals surface area contributed by atoms with Crippen molar-refractivity contribution in [1.29, 1.82) is 0 Å². The minimum absolute atomic E-state index is 0. The van der Waals surface area contributed by atoms with Crippen molar-refractivity contribution >= 4 is 53.4 Å². The standard InChI is InChI=1S/C14H17N3OS2.2ClH/c15-11(9-3-4-9)7-16-13(18)6-10-8-20-14(17-10)12-2-1-5-19-12;;/h1-2,5,8-9,11H,3-4,6-7,15H2,(H,16,18);2*1H. The van der Waals surface area contributed by atoms with Crippen LogP contribution >= 0.6 is 47.5 Å². The summed E-state index contributed by atoms with van der Waals surface area (Å²) in [6, 6.07) is 4.16. The van der Waals surface area contributed by atoms with Gasteiger partial charge in [0.1, 0.15) is 5.01 Å². The van der Waals surface area contributed by atoms with Crippen molar-refractivity contribution in [3.63, 3.8) is 0 Å². The quantitative estimate of drug-likeness (QED) is 0.809. The van der Waals surface area contributed by atoms with Gasteiger partial charge in [0.2, 0.25) is 5.91 Å². The molecule has 0 saturated heterocycles. The highest BCUT2D eigenvalue weighted by Crippen LogP contribution is 2.31. The van der Waals surface area contributed by atoms with Gasteiger partial charge in [-0.25, -0.2) is 4.98 Å². The van der Waals surface area contributed by atoms with Gasteiger partial charge in [0.25, 0.3) is 0 Å². The van der Waals surface area contributed by atoms with Gasteiger partial charge in [-0.05, 0) is 30.2 Å². The van der Waals surface area contributed by atoms with E-state index in [1.165, 1.54) is 12.8 Å². The van der Waals surface area contributed by atoms with Gasteiger partial charge >= 0.3 is 0 Å². The number of nitrogens with one attached hydrogen (secondary N) is 1. The fourth-order valence-electron chi connectivity index (χ4n) is 2.05. The van der Waals surface area contributed by atoms with E-state index in [2.05, 4.69) is 10.3 Å². The molecule has 3 N–H and O–H groups in total. The highest BCUT2D eigenvalue weighted by atomic mass is 35.5. The van der Waals surface area contributed by atoms with Gasteiger partial charge in [0, 0.05) is 18.0 Å². The molecule has 0 radical (unpaired) electrons. The van der Waals surface area contributed by atoms with Crippen LogP contribution in [0.25, 0.3) is 9.88 Å². The predicted molar refractivity (Wildman–Crippen MR) is 97.3 cm³/mol. The van der Waals surface area contributed by atoms with E-state index in [9.17, 15) is 4.79 Å². The lowest BCUT2D eigenvalue weighted by Gasteiger charge is -2.10. The van der Waals surface area contributed by atoms with Gasteiger partial charge in [-0.1, -0.05) is 6.07 Å². The van der Waals surface area contributed by atoms with E-state index >= 15 is 0 Å². The molecule has 1 saturated carbocycles. The lowest BCUT2D eigenvalue weighted by atomic mass is 10.2. The summed E-state index contributed by atoms with van der Waals surface area (Å²) in [5.41, 5.74) is 6.79. The van der Waals surface area contributed by atoms with Crippen LogP contribution < -0.4 is 11.1 Å². The van der Waals surface area contributed by atoms with Crippen molar-refractivity contribution in [1.82, 2.24) is 10.3 Å². The third kappa shape index (κ3) is 5.21. The maximum Gasteiger partial charge on any atom is 0.226 e. The zero-order valence-corrected chi connectivity index (χ0v) is 15.1. The Hall–Kier alpha value is -0.660. The van der Waals surface area contributed by atoms with Crippen LogP contribution in [0.1, 0.15) is 18.5 Å². The summed E-state index contributed by atoms with van der Waals surface area (Å²) < 4.78 is 0. The monoisotopic (exact) mass is 379 g/mol. The molecule has 1 amide bonds. The van der Waals surface area contributed by atoms with Crippen molar-refractivity contribution in [2.45, 2.75) is 25.3 Å². The summed E-state index contributed by atoms with van der Waals surface area (Å²) in [7, 11) is 0. The largest absolute Gasteiger partial charge is 0.354 e. The Morgan fingerprint density at radius 3 is 2.82 bits per heavy atom. The highest BCUT2D eigenvalue weighted by Gasteiger charge is 2.28. The molecule has 1 aliphatic rings. The number of hydrogen-bond donors (Lipinski definition) is 2. The van der Waals surface area contributed by atoms with Gasteiger partial charge in [-0.15, -0.1) is 47.5 Å². The van der Waals surface area contributed by atoms with Gasteiger partial charge in [-0.3, -0.25) is 4.79 Å². The van der Waals surface area contributed by atoms with Crippen molar-refractivity contribution in [2.75, 3.05) is 6.54 Å². The first kappa shape index (κ1) is 19.4. The van der Waals surface area contributed by atoms with Crippen molar-refractivity contribution in [3.05, 3.63) is 28.6 Å². The molecule has 2 aromatic heterocycles. The number of nitrogens with two attached hydrogens (primary N) is 1. The lowest BCUT2D eigenvalue weighted by Crippen LogP contribution is -2.39. The fraction of sp³-hybridized carbons (Fsp3) is 0.429. The average molecular weight is 380 g/mol. The normalized spacial score (nSPS) is 14.6. The number of halogens is 2. The average Bonchev–Trinajstić information content (AvgIpc) is 2.96. The smallest absolute Gasteiger partial charge is 0.226 e. The molecule has 0 aliphatic heterocycles. The first-order valence-corrected chi connectivity index (χ1v) is 8.49. The van der Waals surface area contributed by atoms with E-state index in [0.29, 0.717) is 18.9 Å². The second-order valence-corrected chi connectivity index (χ2v) is 6.91. The zero-order valence-electron chi connectivity index (χ0n) is 11.9. The second-order valence-electron chi connectivity index (χ2n) is 5.10. The fourth-order valence-corrected chi connectivity index (χ4v) is 3.69. The number of amides is 1. The molecular formula is C14H19Cl2N3OS2. The highest BCUT2D eigenvalue weighted by molar-refractivity contribution is 7.20. The Labute approximate surface area is 150 Å². The van der Waals surface area contributed by atoms with Crippen LogP contribution in [0, 0.1) is 5.92 Å². The van der Waals surface area contributed by atoms with E-state index in [0.717, 1.165) is 15.6 Å². The second kappa shape index (κ2) is 8.84. The molecule has 1 aliphatic carbocycles. The first-order chi connectivity index (χ1) is 9.72. The van der Waals surface area contributed by atoms with Gasteiger partial charge in [0.05, 0.1) is 17.0 Å². The van der Waals surface area contributed by atoms with Gasteiger partial charge < -0.3 is 11.1 Å². The van der Waals surface area contributed by atoms with Crippen LogP contribution in [0.5, 0.6) is 0 Å². The van der Waals surface area contributed by atoms with Crippen LogP contribution in [-0.2, 0) is 11.2 Å². The van der Waals surface area contributed by atoms with E-state index < -0.39 is 0 Å². The Bertz CT molecular complexity index is 585.